The number of carbonyl (C=O) groups is 1. The number of carbonyl (C=O) groups excluding carboxylic acids is 1. The number of halogens is 1. The lowest BCUT2D eigenvalue weighted by Gasteiger charge is -2.16. The number of aromatic nitrogens is 4. The molecule has 4 atom stereocenters. The number of hydrogen-bond acceptors (Lipinski definition) is 9. The Kier molecular flexibility index (Phi) is 5.46. The minimum atomic E-state index is -1.27. The van der Waals surface area contributed by atoms with Crippen molar-refractivity contribution in [2.75, 3.05) is 12.3 Å². The molecule has 2 aromatic heterocycles. The summed E-state index contributed by atoms with van der Waals surface area (Å²) in [5, 5.41) is 21.5. The zero-order chi connectivity index (χ0) is 20.5. The number of imidazole rings is 1. The Morgan fingerprint density at radius 3 is 2.69 bits per heavy atom. The normalized spacial score (nSPS) is 24.1. The molecule has 11 heteroatoms. The summed E-state index contributed by atoms with van der Waals surface area (Å²) in [6.07, 6.45) is -1.75. The number of nitrogen functional groups attached to an aromatic ring is 1. The van der Waals surface area contributed by atoms with Crippen molar-refractivity contribution in [3.8, 4) is 0 Å². The number of nitrogens with zero attached hydrogens (tertiary/aromatic N) is 4. The van der Waals surface area contributed by atoms with E-state index in [1.165, 1.54) is 17.2 Å². The molecule has 0 radical (unpaired) electrons. The van der Waals surface area contributed by atoms with Crippen molar-refractivity contribution in [1.29, 1.82) is 0 Å². The van der Waals surface area contributed by atoms with Gasteiger partial charge in [-0.05, 0) is 17.7 Å². The van der Waals surface area contributed by atoms with Crippen molar-refractivity contribution < 1.29 is 24.5 Å². The molecule has 1 aromatic carbocycles. The quantitative estimate of drug-likeness (QED) is 0.368. The molecule has 1 saturated heterocycles. The highest BCUT2D eigenvalue weighted by Crippen LogP contribution is 2.32. The molecular formula is C18H18BrN5O5. The number of alkyl halides is 1. The maximum absolute atomic E-state index is 12.2. The molecule has 3 heterocycles. The minimum absolute atomic E-state index is 0.193. The van der Waals surface area contributed by atoms with Gasteiger partial charge in [-0.15, -0.1) is 0 Å². The summed E-state index contributed by atoms with van der Waals surface area (Å²) in [6.45, 7) is -0.225. The average Bonchev–Trinajstić information content (AvgIpc) is 3.29. The standard InChI is InChI=1S/C18H18BrN5O5/c19-5-9-1-3-10(4-2-9)18(27)28-6-11-13(25)14(26)17(29-11)24-8-23-12-15(20)21-7-22-16(12)24/h1-4,7-8,11,13-14,17,25-26H,5-6H2,(H2,20,21,22)/t11-,13-,14-,17+/m1/s1. The first kappa shape index (κ1) is 19.7. The predicted molar refractivity (Wildman–Crippen MR) is 105 cm³/mol. The van der Waals surface area contributed by atoms with E-state index in [1.54, 1.807) is 12.1 Å². The third kappa shape index (κ3) is 3.69. The first-order chi connectivity index (χ1) is 14.0. The number of anilines is 1. The Balaban J connectivity index is 1.45. The number of aliphatic hydroxyl groups excluding tert-OH is 2. The molecule has 1 fully saturated rings. The van der Waals surface area contributed by atoms with Gasteiger partial charge in [0.15, 0.2) is 17.7 Å². The SMILES string of the molecule is Nc1ncnc2c1ncn2[C@H]1O[C@H](COC(=O)c2ccc(CBr)cc2)[C@@H](O)[C@H]1O. The molecule has 0 aliphatic carbocycles. The Morgan fingerprint density at radius 1 is 1.21 bits per heavy atom. The average molecular weight is 464 g/mol. The second kappa shape index (κ2) is 8.03. The van der Waals surface area contributed by atoms with Gasteiger partial charge in [-0.25, -0.2) is 19.7 Å². The Morgan fingerprint density at radius 2 is 1.97 bits per heavy atom. The summed E-state index contributed by atoms with van der Waals surface area (Å²) in [6, 6.07) is 6.93. The van der Waals surface area contributed by atoms with Crippen molar-refractivity contribution in [3.63, 3.8) is 0 Å². The molecule has 4 rings (SSSR count). The highest BCUT2D eigenvalue weighted by molar-refractivity contribution is 9.08. The molecule has 152 valence electrons. The van der Waals surface area contributed by atoms with E-state index in [9.17, 15) is 15.0 Å². The van der Waals surface area contributed by atoms with Crippen LogP contribution in [0.15, 0.2) is 36.9 Å². The van der Waals surface area contributed by atoms with E-state index >= 15 is 0 Å². The fraction of sp³-hybridized carbons (Fsp3) is 0.333. The number of aliphatic hydroxyl groups is 2. The summed E-state index contributed by atoms with van der Waals surface area (Å²) >= 11 is 3.34. The first-order valence-electron chi connectivity index (χ1n) is 8.76. The van der Waals surface area contributed by atoms with Gasteiger partial charge in [-0.3, -0.25) is 4.57 Å². The topological polar surface area (TPSA) is 146 Å². The second-order valence-electron chi connectivity index (χ2n) is 6.56. The Labute approximate surface area is 173 Å². The van der Waals surface area contributed by atoms with Crippen molar-refractivity contribution in [2.45, 2.75) is 29.9 Å². The molecule has 29 heavy (non-hydrogen) atoms. The molecule has 0 saturated carbocycles. The fourth-order valence-electron chi connectivity index (χ4n) is 3.12. The van der Waals surface area contributed by atoms with Crippen molar-refractivity contribution in [3.05, 3.63) is 48.0 Å². The van der Waals surface area contributed by atoms with Gasteiger partial charge in [0, 0.05) is 5.33 Å². The van der Waals surface area contributed by atoms with Gasteiger partial charge >= 0.3 is 5.97 Å². The van der Waals surface area contributed by atoms with E-state index in [-0.39, 0.29) is 12.4 Å². The maximum atomic E-state index is 12.2. The Hall–Kier alpha value is -2.60. The zero-order valence-corrected chi connectivity index (χ0v) is 16.6. The monoisotopic (exact) mass is 463 g/mol. The van der Waals surface area contributed by atoms with Crippen LogP contribution in [0.25, 0.3) is 11.2 Å². The highest BCUT2D eigenvalue weighted by atomic mass is 79.9. The van der Waals surface area contributed by atoms with Gasteiger partial charge in [-0.1, -0.05) is 28.1 Å². The van der Waals surface area contributed by atoms with Gasteiger partial charge < -0.3 is 25.4 Å². The number of fused-ring (bicyclic) bond motifs is 1. The third-order valence-corrected chi connectivity index (χ3v) is 5.37. The number of ether oxygens (including phenoxy) is 2. The van der Waals surface area contributed by atoms with E-state index in [2.05, 4.69) is 30.9 Å². The van der Waals surface area contributed by atoms with E-state index < -0.39 is 30.5 Å². The highest BCUT2D eigenvalue weighted by Gasteiger charge is 2.45. The fourth-order valence-corrected chi connectivity index (χ4v) is 3.50. The summed E-state index contributed by atoms with van der Waals surface area (Å²) in [5.74, 6) is -0.355. The summed E-state index contributed by atoms with van der Waals surface area (Å²) in [4.78, 5) is 24.3. The van der Waals surface area contributed by atoms with Crippen molar-refractivity contribution >= 4 is 38.9 Å². The van der Waals surface area contributed by atoms with Crippen LogP contribution in [0.2, 0.25) is 0 Å². The predicted octanol–water partition coefficient (Wildman–Crippen LogP) is 0.780. The van der Waals surface area contributed by atoms with Gasteiger partial charge in [0.2, 0.25) is 0 Å². The van der Waals surface area contributed by atoms with Crippen LogP contribution in [0, 0.1) is 0 Å². The molecule has 1 aliphatic heterocycles. The van der Waals surface area contributed by atoms with Crippen LogP contribution in [-0.4, -0.2) is 60.6 Å². The molecule has 1 aliphatic rings. The van der Waals surface area contributed by atoms with E-state index in [0.717, 1.165) is 5.56 Å². The van der Waals surface area contributed by atoms with E-state index in [4.69, 9.17) is 15.2 Å². The molecule has 0 spiro atoms. The maximum Gasteiger partial charge on any atom is 0.338 e. The lowest BCUT2D eigenvalue weighted by atomic mass is 10.1. The lowest BCUT2D eigenvalue weighted by Crippen LogP contribution is -2.34. The summed E-state index contributed by atoms with van der Waals surface area (Å²) in [5.41, 5.74) is 7.90. The van der Waals surface area contributed by atoms with Gasteiger partial charge in [0.1, 0.15) is 36.8 Å². The van der Waals surface area contributed by atoms with E-state index in [0.29, 0.717) is 22.1 Å². The molecule has 3 aromatic rings. The largest absolute Gasteiger partial charge is 0.459 e. The van der Waals surface area contributed by atoms with Crippen LogP contribution in [-0.2, 0) is 14.8 Å². The van der Waals surface area contributed by atoms with Crippen LogP contribution in [0.3, 0.4) is 0 Å². The van der Waals surface area contributed by atoms with Gasteiger partial charge in [0.25, 0.3) is 0 Å². The smallest absolute Gasteiger partial charge is 0.338 e. The molecule has 0 unspecified atom stereocenters. The lowest BCUT2D eigenvalue weighted by molar-refractivity contribution is -0.0565. The minimum Gasteiger partial charge on any atom is -0.459 e. The number of hydrogen-bond donors (Lipinski definition) is 3. The third-order valence-electron chi connectivity index (χ3n) is 4.72. The van der Waals surface area contributed by atoms with Crippen molar-refractivity contribution in [1.82, 2.24) is 19.5 Å². The molecule has 4 N–H and O–H groups in total. The van der Waals surface area contributed by atoms with E-state index in [1.807, 2.05) is 12.1 Å². The number of rotatable bonds is 5. The number of nitrogens with two attached hydrogens (primary N) is 1. The molecule has 10 nitrogen and oxygen atoms in total. The van der Waals surface area contributed by atoms with Crippen LogP contribution < -0.4 is 5.73 Å². The van der Waals surface area contributed by atoms with Gasteiger partial charge in [-0.2, -0.15) is 0 Å². The molecular weight excluding hydrogens is 446 g/mol. The van der Waals surface area contributed by atoms with Crippen LogP contribution in [0.4, 0.5) is 5.82 Å². The summed E-state index contributed by atoms with van der Waals surface area (Å²) < 4.78 is 12.5. The number of esters is 1. The Bertz CT molecular complexity index is 1030. The second-order valence-corrected chi connectivity index (χ2v) is 7.12. The van der Waals surface area contributed by atoms with Crippen molar-refractivity contribution in [2.24, 2.45) is 0 Å². The molecule has 0 amide bonds. The van der Waals surface area contributed by atoms with Crippen LogP contribution in [0.5, 0.6) is 0 Å². The zero-order valence-electron chi connectivity index (χ0n) is 15.1. The molecule has 0 bridgehead atoms. The first-order valence-corrected chi connectivity index (χ1v) is 9.88. The summed E-state index contributed by atoms with van der Waals surface area (Å²) in [7, 11) is 0. The van der Waals surface area contributed by atoms with Gasteiger partial charge in [0.05, 0.1) is 11.9 Å². The number of benzene rings is 1. The van der Waals surface area contributed by atoms with Crippen LogP contribution in [0.1, 0.15) is 22.1 Å². The van der Waals surface area contributed by atoms with Crippen LogP contribution >= 0.6 is 15.9 Å².